The molecule has 0 radical (unpaired) electrons. The summed E-state index contributed by atoms with van der Waals surface area (Å²) in [6.07, 6.45) is 0.861. The van der Waals surface area contributed by atoms with E-state index in [1.54, 1.807) is 0 Å². The van der Waals surface area contributed by atoms with E-state index in [1.807, 2.05) is 0 Å². The first kappa shape index (κ1) is 15.8. The molecule has 1 aromatic heterocycles. The summed E-state index contributed by atoms with van der Waals surface area (Å²) in [5, 5.41) is 30.0. The fourth-order valence-electron chi connectivity index (χ4n) is 1.41. The Balaban J connectivity index is 3.06. The average molecular weight is 304 g/mol. The zero-order valence-corrected chi connectivity index (χ0v) is 10.7. The lowest BCUT2D eigenvalue weighted by molar-refractivity contribution is -0.385. The molecule has 10 heteroatoms. The summed E-state index contributed by atoms with van der Waals surface area (Å²) in [6, 6.07) is -0.309. The van der Waals surface area contributed by atoms with Crippen LogP contribution in [0.3, 0.4) is 0 Å². The zero-order valence-electron chi connectivity index (χ0n) is 9.95. The number of carbonyl (C=O) groups is 2. The van der Waals surface area contributed by atoms with Crippen LogP contribution in [0, 0.1) is 10.1 Å². The maximum Gasteiger partial charge on any atom is 0.326 e. The Morgan fingerprint density at radius 1 is 1.55 bits per heavy atom. The van der Waals surface area contributed by atoms with E-state index >= 15 is 0 Å². The Morgan fingerprint density at radius 2 is 2.20 bits per heavy atom. The van der Waals surface area contributed by atoms with Gasteiger partial charge in [0.25, 0.3) is 5.91 Å². The van der Waals surface area contributed by atoms with Gasteiger partial charge in [0.15, 0.2) is 0 Å². The number of carboxylic acid groups (broad SMARTS) is 1. The van der Waals surface area contributed by atoms with E-state index in [2.05, 4.69) is 10.3 Å². The first-order chi connectivity index (χ1) is 9.38. The Hall–Kier alpha value is -2.26. The number of carboxylic acids is 1. The van der Waals surface area contributed by atoms with Crippen LogP contribution in [0.1, 0.15) is 16.8 Å². The van der Waals surface area contributed by atoms with Crippen molar-refractivity contribution in [1.82, 2.24) is 10.3 Å². The smallest absolute Gasteiger partial charge is 0.326 e. The van der Waals surface area contributed by atoms with Crippen molar-refractivity contribution < 1.29 is 24.7 Å². The second-order valence-corrected chi connectivity index (χ2v) is 3.99. The number of aliphatic hydroxyl groups excluding tert-OH is 1. The molecule has 1 rings (SSSR count). The predicted molar refractivity (Wildman–Crippen MR) is 66.5 cm³/mol. The van der Waals surface area contributed by atoms with Gasteiger partial charge in [-0.15, -0.1) is 0 Å². The van der Waals surface area contributed by atoms with Crippen LogP contribution in [0.5, 0.6) is 0 Å². The molecule has 0 aromatic carbocycles. The van der Waals surface area contributed by atoms with Gasteiger partial charge in [-0.25, -0.2) is 9.78 Å². The number of aromatic nitrogens is 1. The maximum absolute atomic E-state index is 11.9. The molecule has 0 aliphatic heterocycles. The molecular formula is C10H10ClN3O6. The van der Waals surface area contributed by atoms with Crippen LogP contribution in [0.2, 0.25) is 5.15 Å². The van der Waals surface area contributed by atoms with Crippen molar-refractivity contribution in [2.24, 2.45) is 0 Å². The van der Waals surface area contributed by atoms with Crippen molar-refractivity contribution in [3.05, 3.63) is 33.1 Å². The quantitative estimate of drug-likeness (QED) is 0.387. The number of pyridine rings is 1. The highest BCUT2D eigenvalue weighted by Gasteiger charge is 2.27. The van der Waals surface area contributed by atoms with Crippen LogP contribution in [0.15, 0.2) is 12.3 Å². The Kier molecular flexibility index (Phi) is 5.35. The third-order valence-corrected chi connectivity index (χ3v) is 2.60. The number of hydrogen-bond donors (Lipinski definition) is 3. The monoisotopic (exact) mass is 303 g/mol. The molecule has 1 atom stereocenters. The second-order valence-electron chi connectivity index (χ2n) is 3.63. The number of aliphatic hydroxyl groups is 1. The molecule has 20 heavy (non-hydrogen) atoms. The maximum atomic E-state index is 11.9. The standard InChI is InChI=1S/C10H10ClN3O6/c11-8-7(14(19)20)5(1-3-12-8)9(16)13-6(2-4-15)10(17)18/h1,3,6,15H,2,4H2,(H,13,16)(H,17,18). The summed E-state index contributed by atoms with van der Waals surface area (Å²) in [5.74, 6) is -2.35. The third kappa shape index (κ3) is 3.62. The summed E-state index contributed by atoms with van der Waals surface area (Å²) in [6.45, 7) is -0.462. The van der Waals surface area contributed by atoms with E-state index in [4.69, 9.17) is 21.8 Å². The molecule has 1 heterocycles. The molecule has 0 aliphatic rings. The van der Waals surface area contributed by atoms with Gasteiger partial charge in [-0.3, -0.25) is 14.9 Å². The van der Waals surface area contributed by atoms with Crippen molar-refractivity contribution >= 4 is 29.2 Å². The Morgan fingerprint density at radius 3 is 2.70 bits per heavy atom. The fraction of sp³-hybridized carbons (Fsp3) is 0.300. The minimum absolute atomic E-state index is 0.228. The molecule has 1 amide bonds. The van der Waals surface area contributed by atoms with Gasteiger partial charge in [0.2, 0.25) is 5.15 Å². The lowest BCUT2D eigenvalue weighted by atomic mass is 10.1. The van der Waals surface area contributed by atoms with Crippen molar-refractivity contribution in [1.29, 1.82) is 0 Å². The number of nitrogens with one attached hydrogen (secondary N) is 1. The Bertz CT molecular complexity index is 550. The largest absolute Gasteiger partial charge is 0.480 e. The number of rotatable bonds is 6. The molecule has 3 N–H and O–H groups in total. The van der Waals surface area contributed by atoms with E-state index in [9.17, 15) is 19.7 Å². The molecule has 9 nitrogen and oxygen atoms in total. The van der Waals surface area contributed by atoms with Gasteiger partial charge in [-0.05, 0) is 6.07 Å². The number of nitro groups is 1. The molecule has 0 bridgehead atoms. The van der Waals surface area contributed by atoms with Gasteiger partial charge in [0, 0.05) is 19.2 Å². The first-order valence-corrected chi connectivity index (χ1v) is 5.69. The molecule has 0 spiro atoms. The van der Waals surface area contributed by atoms with E-state index in [0.29, 0.717) is 0 Å². The van der Waals surface area contributed by atoms with Gasteiger partial charge in [-0.1, -0.05) is 11.6 Å². The van der Waals surface area contributed by atoms with Crippen LogP contribution in [-0.4, -0.2) is 44.6 Å². The molecular weight excluding hydrogens is 294 g/mol. The van der Waals surface area contributed by atoms with Crippen molar-refractivity contribution in [3.8, 4) is 0 Å². The predicted octanol–water partition coefficient (Wildman–Crippen LogP) is 0.209. The molecule has 1 unspecified atom stereocenters. The molecule has 0 saturated carbocycles. The molecule has 0 fully saturated rings. The summed E-state index contributed by atoms with van der Waals surface area (Å²) in [5.41, 5.74) is -1.11. The minimum atomic E-state index is -1.37. The number of carbonyl (C=O) groups excluding carboxylic acids is 1. The Labute approximate surface area is 117 Å². The highest BCUT2D eigenvalue weighted by molar-refractivity contribution is 6.32. The van der Waals surface area contributed by atoms with Crippen LogP contribution in [0.25, 0.3) is 0 Å². The number of hydrogen-bond acceptors (Lipinski definition) is 6. The van der Waals surface area contributed by atoms with Crippen molar-refractivity contribution in [2.75, 3.05) is 6.61 Å². The lowest BCUT2D eigenvalue weighted by Gasteiger charge is -2.13. The van der Waals surface area contributed by atoms with Crippen LogP contribution in [0.4, 0.5) is 5.69 Å². The van der Waals surface area contributed by atoms with Crippen molar-refractivity contribution in [2.45, 2.75) is 12.5 Å². The molecule has 1 aromatic rings. The fourth-order valence-corrected chi connectivity index (χ4v) is 1.63. The minimum Gasteiger partial charge on any atom is -0.480 e. The highest BCUT2D eigenvalue weighted by Crippen LogP contribution is 2.25. The van der Waals surface area contributed by atoms with Crippen molar-refractivity contribution in [3.63, 3.8) is 0 Å². The van der Waals surface area contributed by atoms with Gasteiger partial charge in [0.1, 0.15) is 11.6 Å². The number of halogens is 1. The summed E-state index contributed by atoms with van der Waals surface area (Å²) in [7, 11) is 0. The summed E-state index contributed by atoms with van der Waals surface area (Å²) >= 11 is 5.54. The lowest BCUT2D eigenvalue weighted by Crippen LogP contribution is -2.41. The van der Waals surface area contributed by atoms with Crippen LogP contribution >= 0.6 is 11.6 Å². The summed E-state index contributed by atoms with van der Waals surface area (Å²) < 4.78 is 0. The van der Waals surface area contributed by atoms with Crippen LogP contribution < -0.4 is 5.32 Å². The normalized spacial score (nSPS) is 11.7. The number of aliphatic carboxylic acids is 1. The van der Waals surface area contributed by atoms with Gasteiger partial charge in [-0.2, -0.15) is 0 Å². The van der Waals surface area contributed by atoms with E-state index in [1.165, 1.54) is 0 Å². The van der Waals surface area contributed by atoms with Gasteiger partial charge < -0.3 is 15.5 Å². The molecule has 0 aliphatic carbocycles. The SMILES string of the molecule is O=C(NC(CCO)C(=O)O)c1ccnc(Cl)c1[N+](=O)[O-]. The van der Waals surface area contributed by atoms with E-state index in [-0.39, 0.29) is 6.42 Å². The van der Waals surface area contributed by atoms with Gasteiger partial charge in [0.05, 0.1) is 4.92 Å². The topological polar surface area (TPSA) is 143 Å². The first-order valence-electron chi connectivity index (χ1n) is 5.32. The number of amides is 1. The second kappa shape index (κ2) is 6.78. The zero-order chi connectivity index (χ0) is 15.3. The van der Waals surface area contributed by atoms with Gasteiger partial charge >= 0.3 is 11.7 Å². The molecule has 108 valence electrons. The van der Waals surface area contributed by atoms with E-state index in [0.717, 1.165) is 12.3 Å². The van der Waals surface area contributed by atoms with Crippen LogP contribution in [-0.2, 0) is 4.79 Å². The van der Waals surface area contributed by atoms with E-state index < -0.39 is 45.9 Å². The third-order valence-electron chi connectivity index (χ3n) is 2.33. The highest BCUT2D eigenvalue weighted by atomic mass is 35.5. The number of nitrogens with zero attached hydrogens (tertiary/aromatic N) is 2. The summed E-state index contributed by atoms with van der Waals surface area (Å²) in [4.78, 5) is 36.1. The average Bonchev–Trinajstić information content (AvgIpc) is 2.37. The molecule has 0 saturated heterocycles.